The Bertz CT molecular complexity index is 1730. The number of H-pyrrole nitrogens is 1. The van der Waals surface area contributed by atoms with Gasteiger partial charge in [0.05, 0.1) is 22.8 Å². The summed E-state index contributed by atoms with van der Waals surface area (Å²) in [6.45, 7) is 2.11. The third kappa shape index (κ3) is 5.47. The van der Waals surface area contributed by atoms with Gasteiger partial charge < -0.3 is 14.2 Å². The molecule has 0 unspecified atom stereocenters. The lowest BCUT2D eigenvalue weighted by Gasteiger charge is -2.32. The van der Waals surface area contributed by atoms with Crippen molar-refractivity contribution in [3.05, 3.63) is 92.7 Å². The van der Waals surface area contributed by atoms with Crippen LogP contribution in [0.15, 0.2) is 74.6 Å². The number of halogens is 2. The maximum absolute atomic E-state index is 11.2. The van der Waals surface area contributed by atoms with E-state index >= 15 is 0 Å². The number of rotatable bonds is 8. The average Bonchev–Trinajstić information content (AvgIpc) is 3.64. The van der Waals surface area contributed by atoms with Crippen molar-refractivity contribution in [2.45, 2.75) is 44.3 Å². The number of benzene rings is 2. The average molecular weight is 604 g/mol. The number of nitrogens with zero attached hydrogens (tertiary/aromatic N) is 4. The highest BCUT2D eigenvalue weighted by molar-refractivity contribution is 6.39. The fourth-order valence-electron chi connectivity index (χ4n) is 5.42. The minimum Gasteiger partial charge on any atom is -0.373 e. The second-order valence-corrected chi connectivity index (χ2v) is 11.5. The highest BCUT2D eigenvalue weighted by Gasteiger charge is 2.34. The predicted octanol–water partition coefficient (Wildman–Crippen LogP) is 7.12. The van der Waals surface area contributed by atoms with E-state index in [9.17, 15) is 4.79 Å². The molecule has 0 radical (unpaired) electrons. The Labute approximate surface area is 251 Å². The molecule has 0 spiro atoms. The monoisotopic (exact) mass is 603 g/mol. The molecule has 2 aliphatic rings. The third-order valence-corrected chi connectivity index (χ3v) is 8.51. The molecule has 5 aromatic rings. The molecule has 0 amide bonds. The summed E-state index contributed by atoms with van der Waals surface area (Å²) in [6.07, 6.45) is 5.98. The normalized spacial score (nSPS) is 15.8. The predicted molar refractivity (Wildman–Crippen MR) is 160 cm³/mol. The van der Waals surface area contributed by atoms with E-state index in [1.165, 1.54) is 0 Å². The fourth-order valence-corrected chi connectivity index (χ4v) is 6.00. The molecular formula is C31H27Cl2N5O4. The van der Waals surface area contributed by atoms with Crippen LogP contribution >= 0.6 is 23.2 Å². The number of hydrogen-bond acceptors (Lipinski definition) is 8. The summed E-state index contributed by atoms with van der Waals surface area (Å²) in [5.74, 6) is 2.06. The van der Waals surface area contributed by atoms with E-state index in [4.69, 9.17) is 37.4 Å². The van der Waals surface area contributed by atoms with Gasteiger partial charge in [-0.05, 0) is 55.5 Å². The first kappa shape index (κ1) is 26.9. The van der Waals surface area contributed by atoms with Crippen molar-refractivity contribution < 1.29 is 13.8 Å². The van der Waals surface area contributed by atoms with Crippen LogP contribution in [0.5, 0.6) is 0 Å². The molecule has 11 heteroatoms. The third-order valence-electron chi connectivity index (χ3n) is 7.88. The number of aromatic nitrogens is 4. The zero-order chi connectivity index (χ0) is 28.6. The van der Waals surface area contributed by atoms with Crippen molar-refractivity contribution in [2.75, 3.05) is 18.0 Å². The number of nitrogens with one attached hydrogen (secondary N) is 1. The first-order chi connectivity index (χ1) is 20.5. The van der Waals surface area contributed by atoms with E-state index in [2.05, 4.69) is 36.9 Å². The van der Waals surface area contributed by atoms with Crippen LogP contribution in [0, 0.1) is 0 Å². The van der Waals surface area contributed by atoms with Crippen LogP contribution in [-0.4, -0.2) is 39.5 Å². The van der Waals surface area contributed by atoms with E-state index in [1.807, 2.05) is 48.7 Å². The largest absolute Gasteiger partial charge is 0.439 e. The van der Waals surface area contributed by atoms with Crippen LogP contribution in [0.1, 0.15) is 42.9 Å². The molecule has 1 aliphatic carbocycles. The minimum absolute atomic E-state index is 0.121. The zero-order valence-corrected chi connectivity index (χ0v) is 24.1. The van der Waals surface area contributed by atoms with Crippen LogP contribution in [0.25, 0.3) is 33.8 Å². The topological polar surface area (TPSA) is 110 Å². The molecule has 3 aromatic heterocycles. The molecule has 4 heterocycles. The lowest BCUT2D eigenvalue weighted by Crippen LogP contribution is -2.37. The number of hydrogen-bond donors (Lipinski definition) is 1. The molecule has 2 fully saturated rings. The number of aromatic amines is 1. The summed E-state index contributed by atoms with van der Waals surface area (Å²) >= 11 is 13.0. The lowest BCUT2D eigenvalue weighted by molar-refractivity contribution is 0.0245. The van der Waals surface area contributed by atoms with Crippen LogP contribution in [0.2, 0.25) is 10.0 Å². The summed E-state index contributed by atoms with van der Waals surface area (Å²) < 4.78 is 16.8. The molecular weight excluding hydrogens is 577 g/mol. The Kier molecular flexibility index (Phi) is 7.31. The molecule has 9 nitrogen and oxygen atoms in total. The van der Waals surface area contributed by atoms with Crippen molar-refractivity contribution in [3.63, 3.8) is 0 Å². The van der Waals surface area contributed by atoms with Crippen molar-refractivity contribution in [2.24, 2.45) is 0 Å². The van der Waals surface area contributed by atoms with Crippen LogP contribution in [0.3, 0.4) is 0 Å². The van der Waals surface area contributed by atoms with E-state index in [-0.39, 0.29) is 6.10 Å². The van der Waals surface area contributed by atoms with E-state index in [1.54, 1.807) is 0 Å². The maximum Gasteiger partial charge on any atom is 0.439 e. The molecule has 1 saturated heterocycles. The minimum atomic E-state index is -0.574. The Morgan fingerprint density at radius 1 is 0.881 bits per heavy atom. The summed E-state index contributed by atoms with van der Waals surface area (Å²) in [5, 5.41) is 9.20. The summed E-state index contributed by atoms with van der Waals surface area (Å²) in [5.41, 5.74) is 5.13. The van der Waals surface area contributed by atoms with Gasteiger partial charge in [-0.2, -0.15) is 0 Å². The standard InChI is InChI=1S/C31H27Cl2N5O4/c32-24-2-1-3-25(33)27(24)28-23(29(41-36-28)19-6-7-19)17-40-22-12-14-38(15-13-22)26-11-10-21(16-34-26)18-4-8-20(9-5-18)30-35-31(39)42-37-30/h1-5,8-11,16,19,22H,6-7,12-15,17H2,(H,35,37,39). The van der Waals surface area contributed by atoms with Crippen LogP contribution < -0.4 is 10.7 Å². The van der Waals surface area contributed by atoms with Gasteiger partial charge in [0.2, 0.25) is 0 Å². The second kappa shape index (κ2) is 11.4. The van der Waals surface area contributed by atoms with Gasteiger partial charge in [-0.15, -0.1) is 0 Å². The Balaban J connectivity index is 0.978. The molecule has 42 heavy (non-hydrogen) atoms. The van der Waals surface area contributed by atoms with E-state index in [0.29, 0.717) is 39.7 Å². The zero-order valence-electron chi connectivity index (χ0n) is 22.6. The molecule has 0 bridgehead atoms. The highest BCUT2D eigenvalue weighted by atomic mass is 35.5. The Morgan fingerprint density at radius 3 is 2.24 bits per heavy atom. The van der Waals surface area contributed by atoms with Crippen molar-refractivity contribution in [3.8, 4) is 33.8 Å². The van der Waals surface area contributed by atoms with Crippen molar-refractivity contribution >= 4 is 29.0 Å². The van der Waals surface area contributed by atoms with Gasteiger partial charge in [-0.3, -0.25) is 9.51 Å². The van der Waals surface area contributed by atoms with Gasteiger partial charge in [0.15, 0.2) is 5.82 Å². The lowest BCUT2D eigenvalue weighted by atomic mass is 10.0. The quantitative estimate of drug-likeness (QED) is 0.199. The summed E-state index contributed by atoms with van der Waals surface area (Å²) in [4.78, 5) is 20.8. The Hall–Kier alpha value is -3.92. The molecule has 0 atom stereocenters. The molecule has 7 rings (SSSR count). The maximum atomic E-state index is 11.2. The van der Waals surface area contributed by atoms with Gasteiger partial charge >= 0.3 is 5.76 Å². The SMILES string of the molecule is O=c1[nH]c(-c2ccc(-c3ccc(N4CCC(OCc5c(-c6c(Cl)cccc6Cl)noc5C5CC5)CC4)nc3)cc2)no1. The highest BCUT2D eigenvalue weighted by Crippen LogP contribution is 2.46. The number of anilines is 1. The number of piperidine rings is 1. The van der Waals surface area contributed by atoms with Gasteiger partial charge in [-0.1, -0.05) is 63.8 Å². The first-order valence-electron chi connectivity index (χ1n) is 14.0. The molecule has 1 aliphatic heterocycles. The van der Waals surface area contributed by atoms with Gasteiger partial charge in [-0.25, -0.2) is 9.78 Å². The molecule has 2 aromatic carbocycles. The van der Waals surface area contributed by atoms with Crippen LogP contribution in [-0.2, 0) is 11.3 Å². The van der Waals surface area contributed by atoms with E-state index < -0.39 is 5.76 Å². The summed E-state index contributed by atoms with van der Waals surface area (Å²) in [6, 6.07) is 17.3. The van der Waals surface area contributed by atoms with Crippen LogP contribution in [0.4, 0.5) is 5.82 Å². The van der Waals surface area contributed by atoms with Gasteiger partial charge in [0.1, 0.15) is 17.3 Å². The number of pyridine rings is 1. The molecule has 1 N–H and O–H groups in total. The fraction of sp³-hybridized carbons (Fsp3) is 0.290. The van der Waals surface area contributed by atoms with E-state index in [0.717, 1.165) is 72.6 Å². The van der Waals surface area contributed by atoms with Gasteiger partial charge in [0.25, 0.3) is 0 Å². The van der Waals surface area contributed by atoms with Gasteiger partial charge in [0, 0.05) is 47.5 Å². The van der Waals surface area contributed by atoms with Crippen molar-refractivity contribution in [1.29, 1.82) is 0 Å². The summed E-state index contributed by atoms with van der Waals surface area (Å²) in [7, 11) is 0. The molecule has 1 saturated carbocycles. The van der Waals surface area contributed by atoms with Crippen molar-refractivity contribution in [1.82, 2.24) is 20.3 Å². The molecule has 214 valence electrons. The smallest absolute Gasteiger partial charge is 0.373 e. The Morgan fingerprint density at radius 2 is 1.60 bits per heavy atom. The second-order valence-electron chi connectivity index (χ2n) is 10.7. The first-order valence-corrected chi connectivity index (χ1v) is 14.7. The number of ether oxygens (including phenoxy) is 1.